The Bertz CT molecular complexity index is 511. The predicted octanol–water partition coefficient (Wildman–Crippen LogP) is 1.67. The molecule has 0 fully saturated rings. The van der Waals surface area contributed by atoms with E-state index in [-0.39, 0.29) is 11.5 Å². The van der Waals surface area contributed by atoms with Crippen LogP contribution in [-0.2, 0) is 21.3 Å². The van der Waals surface area contributed by atoms with Gasteiger partial charge in [0.05, 0.1) is 15.9 Å². The summed E-state index contributed by atoms with van der Waals surface area (Å²) in [6.07, 6.45) is 0. The highest BCUT2D eigenvalue weighted by molar-refractivity contribution is 9.11. The summed E-state index contributed by atoms with van der Waals surface area (Å²) in [6.45, 7) is 4.13. The molecule has 1 heterocycles. The van der Waals surface area contributed by atoms with Gasteiger partial charge >= 0.3 is 0 Å². The molecule has 18 heavy (non-hydrogen) atoms. The maximum absolute atomic E-state index is 12.2. The number of rotatable bonds is 6. The number of nitrogens with one attached hydrogen (secondary N) is 1. The molecule has 0 bridgehead atoms. The van der Waals surface area contributed by atoms with E-state index in [0.29, 0.717) is 10.3 Å². The van der Waals surface area contributed by atoms with Crippen molar-refractivity contribution in [3.63, 3.8) is 0 Å². The summed E-state index contributed by atoms with van der Waals surface area (Å²) >= 11 is 4.57. The second kappa shape index (κ2) is 5.98. The first-order chi connectivity index (χ1) is 8.22. The molecule has 0 saturated carbocycles. The predicted molar refractivity (Wildman–Crippen MR) is 76.2 cm³/mol. The van der Waals surface area contributed by atoms with Gasteiger partial charge in [0.15, 0.2) is 0 Å². The highest BCUT2D eigenvalue weighted by Gasteiger charge is 2.28. The minimum Gasteiger partial charge on any atom is -0.383 e. The zero-order chi connectivity index (χ0) is 14.0. The normalized spacial score (nSPS) is 12.9. The van der Waals surface area contributed by atoms with Crippen molar-refractivity contribution >= 4 is 37.3 Å². The Hall–Kier alpha value is 0.01000. The molecule has 1 rings (SSSR count). The molecular formula is C10H17BrN2O3S2. The monoisotopic (exact) mass is 356 g/mol. The lowest BCUT2D eigenvalue weighted by atomic mass is 10.1. The lowest BCUT2D eigenvalue weighted by Crippen LogP contribution is -2.46. The van der Waals surface area contributed by atoms with Gasteiger partial charge in [-0.05, 0) is 35.8 Å². The molecule has 0 unspecified atom stereocenters. The second-order valence-electron chi connectivity index (χ2n) is 4.48. The molecule has 5 nitrogen and oxygen atoms in total. The summed E-state index contributed by atoms with van der Waals surface area (Å²) in [5.74, 6) is 0. The van der Waals surface area contributed by atoms with Crippen LogP contribution in [0.15, 0.2) is 14.7 Å². The Morgan fingerprint density at radius 1 is 1.56 bits per heavy atom. The van der Waals surface area contributed by atoms with E-state index in [9.17, 15) is 8.42 Å². The summed E-state index contributed by atoms with van der Waals surface area (Å²) in [6, 6.07) is 1.58. The second-order valence-corrected chi connectivity index (χ2v) is 8.58. The molecule has 0 atom stereocenters. The number of hydrogen-bond acceptors (Lipinski definition) is 5. The highest BCUT2D eigenvalue weighted by atomic mass is 79.9. The Morgan fingerprint density at radius 2 is 2.17 bits per heavy atom. The summed E-state index contributed by atoms with van der Waals surface area (Å²) in [7, 11) is -2.05. The fourth-order valence-electron chi connectivity index (χ4n) is 1.49. The van der Waals surface area contributed by atoms with Gasteiger partial charge < -0.3 is 10.5 Å². The largest absolute Gasteiger partial charge is 0.383 e. The van der Waals surface area contributed by atoms with Crippen LogP contribution in [0, 0.1) is 0 Å². The molecule has 0 aromatic carbocycles. The van der Waals surface area contributed by atoms with Gasteiger partial charge in [0.2, 0.25) is 10.0 Å². The lowest BCUT2D eigenvalue weighted by molar-refractivity contribution is 0.141. The molecular weight excluding hydrogens is 340 g/mol. The topological polar surface area (TPSA) is 81.4 Å². The van der Waals surface area contributed by atoms with Gasteiger partial charge in [-0.3, -0.25) is 0 Å². The fraction of sp³-hybridized carbons (Fsp3) is 0.600. The molecule has 8 heteroatoms. The zero-order valence-corrected chi connectivity index (χ0v) is 13.7. The van der Waals surface area contributed by atoms with Gasteiger partial charge in [0, 0.05) is 18.5 Å². The molecule has 0 aliphatic heterocycles. The summed E-state index contributed by atoms with van der Waals surface area (Å²) in [5, 5.41) is 0. The van der Waals surface area contributed by atoms with Crippen molar-refractivity contribution < 1.29 is 13.2 Å². The minimum atomic E-state index is -3.58. The van der Waals surface area contributed by atoms with E-state index >= 15 is 0 Å². The standard InChI is InChI=1S/C10H17BrN2O3S2/c1-10(2,6-16-3)13-18(14,15)8-4-7(5-12)17-9(8)11/h4,13H,5-6,12H2,1-3H3. The van der Waals surface area contributed by atoms with Crippen LogP contribution in [0.5, 0.6) is 0 Å². The number of halogens is 1. The van der Waals surface area contributed by atoms with Gasteiger partial charge in [-0.25, -0.2) is 13.1 Å². The smallest absolute Gasteiger partial charge is 0.243 e. The number of thiophene rings is 1. The Morgan fingerprint density at radius 3 is 2.61 bits per heavy atom. The van der Waals surface area contributed by atoms with Crippen molar-refractivity contribution in [2.45, 2.75) is 30.8 Å². The van der Waals surface area contributed by atoms with E-state index in [1.54, 1.807) is 19.9 Å². The van der Waals surface area contributed by atoms with Crippen molar-refractivity contribution in [1.82, 2.24) is 4.72 Å². The van der Waals surface area contributed by atoms with Crippen molar-refractivity contribution in [3.8, 4) is 0 Å². The van der Waals surface area contributed by atoms with Crippen LogP contribution < -0.4 is 10.5 Å². The third-order valence-corrected chi connectivity index (χ3v) is 6.09. The van der Waals surface area contributed by atoms with Crippen molar-refractivity contribution in [2.75, 3.05) is 13.7 Å². The number of nitrogens with two attached hydrogens (primary N) is 1. The Balaban J connectivity index is 3.03. The van der Waals surface area contributed by atoms with E-state index in [2.05, 4.69) is 20.7 Å². The first kappa shape index (κ1) is 16.1. The van der Waals surface area contributed by atoms with Crippen LogP contribution >= 0.6 is 27.3 Å². The van der Waals surface area contributed by atoms with E-state index in [4.69, 9.17) is 10.5 Å². The molecule has 3 N–H and O–H groups in total. The van der Waals surface area contributed by atoms with Crippen LogP contribution in [0.25, 0.3) is 0 Å². The number of sulfonamides is 1. The summed E-state index contributed by atoms with van der Waals surface area (Å²) < 4.78 is 32.6. The van der Waals surface area contributed by atoms with Gasteiger partial charge in [-0.2, -0.15) is 0 Å². The van der Waals surface area contributed by atoms with Crippen LogP contribution in [-0.4, -0.2) is 27.7 Å². The summed E-state index contributed by atoms with van der Waals surface area (Å²) in [4.78, 5) is 1.03. The zero-order valence-electron chi connectivity index (χ0n) is 10.5. The van der Waals surface area contributed by atoms with Crippen LogP contribution in [0.1, 0.15) is 18.7 Å². The Labute approximate surface area is 120 Å². The van der Waals surface area contributed by atoms with E-state index in [1.807, 2.05) is 0 Å². The molecule has 104 valence electrons. The third kappa shape index (κ3) is 4.01. The quantitative estimate of drug-likeness (QED) is 0.812. The third-order valence-electron chi connectivity index (χ3n) is 2.11. The molecule has 1 aromatic heterocycles. The molecule has 0 aliphatic carbocycles. The molecule has 0 saturated heterocycles. The molecule has 0 amide bonds. The average molecular weight is 357 g/mol. The number of ether oxygens (including phenoxy) is 1. The molecule has 1 aromatic rings. The maximum Gasteiger partial charge on any atom is 0.243 e. The minimum absolute atomic E-state index is 0.220. The van der Waals surface area contributed by atoms with Gasteiger partial charge in [0.25, 0.3) is 0 Å². The van der Waals surface area contributed by atoms with Crippen LogP contribution in [0.4, 0.5) is 0 Å². The average Bonchev–Trinajstić information content (AvgIpc) is 2.58. The SMILES string of the molecule is COCC(C)(C)NS(=O)(=O)c1cc(CN)sc1Br. The summed E-state index contributed by atoms with van der Waals surface area (Å²) in [5.41, 5.74) is 4.84. The van der Waals surface area contributed by atoms with Crippen molar-refractivity contribution in [2.24, 2.45) is 5.73 Å². The van der Waals surface area contributed by atoms with Crippen LogP contribution in [0.3, 0.4) is 0 Å². The first-order valence-electron chi connectivity index (χ1n) is 5.23. The molecule has 0 spiro atoms. The van der Waals surface area contributed by atoms with Crippen molar-refractivity contribution in [1.29, 1.82) is 0 Å². The fourth-order valence-corrected chi connectivity index (χ4v) is 5.45. The number of methoxy groups -OCH3 is 1. The van der Waals surface area contributed by atoms with E-state index in [0.717, 1.165) is 4.88 Å². The Kier molecular flexibility index (Phi) is 5.33. The van der Waals surface area contributed by atoms with Gasteiger partial charge in [-0.1, -0.05) is 0 Å². The highest BCUT2D eigenvalue weighted by Crippen LogP contribution is 2.32. The van der Waals surface area contributed by atoms with E-state index in [1.165, 1.54) is 18.4 Å². The molecule has 0 radical (unpaired) electrons. The first-order valence-corrected chi connectivity index (χ1v) is 8.32. The number of hydrogen-bond donors (Lipinski definition) is 2. The van der Waals surface area contributed by atoms with Crippen molar-refractivity contribution in [3.05, 3.63) is 14.7 Å². The van der Waals surface area contributed by atoms with Gasteiger partial charge in [0.1, 0.15) is 4.90 Å². The molecule has 0 aliphatic rings. The maximum atomic E-state index is 12.2. The lowest BCUT2D eigenvalue weighted by Gasteiger charge is -2.24. The van der Waals surface area contributed by atoms with Gasteiger partial charge in [-0.15, -0.1) is 11.3 Å². The van der Waals surface area contributed by atoms with E-state index < -0.39 is 15.6 Å². The van der Waals surface area contributed by atoms with Crippen LogP contribution in [0.2, 0.25) is 0 Å².